The lowest BCUT2D eigenvalue weighted by molar-refractivity contribution is 0.0358. The molecule has 0 saturated carbocycles. The van der Waals surface area contributed by atoms with Crippen LogP contribution < -0.4 is 10.5 Å². The Morgan fingerprint density at radius 1 is 1.08 bits per heavy atom. The molecule has 4 nitrogen and oxygen atoms in total. The summed E-state index contributed by atoms with van der Waals surface area (Å²) in [4.78, 5) is 2.40. The van der Waals surface area contributed by atoms with Crippen LogP contribution in [0.15, 0.2) is 42.5 Å². The highest BCUT2D eigenvalue weighted by atomic mass is 35.5. The van der Waals surface area contributed by atoms with Crippen LogP contribution in [0.1, 0.15) is 17.5 Å². The zero-order chi connectivity index (χ0) is 18.2. The summed E-state index contributed by atoms with van der Waals surface area (Å²) >= 11 is 6.33. The van der Waals surface area contributed by atoms with E-state index in [1.165, 1.54) is 0 Å². The number of nitrogens with zero attached hydrogens (tertiary/aromatic N) is 1. The van der Waals surface area contributed by atoms with Crippen LogP contribution in [0, 0.1) is 11.8 Å². The highest BCUT2D eigenvalue weighted by Gasteiger charge is 2.09. The molecule has 0 spiro atoms. The minimum absolute atomic E-state index is 0.596. The standard InChI is InChI=1S/C21H23ClN2O2/c22-21-16-20(26-13-1-10-24-11-14-25-15-12-24)9-6-18(21)5-2-17-3-7-19(23)8-4-17/h3-4,6-9,16H,1,10-15,23H2. The quantitative estimate of drug-likeness (QED) is 0.497. The van der Waals surface area contributed by atoms with Crippen LogP contribution in [0.2, 0.25) is 5.02 Å². The SMILES string of the molecule is Nc1ccc(C#Cc2ccc(OCCCN3CCOCC3)cc2Cl)cc1. The molecule has 1 heterocycles. The molecule has 0 bridgehead atoms. The average molecular weight is 371 g/mol. The number of ether oxygens (including phenoxy) is 2. The number of hydrogen-bond acceptors (Lipinski definition) is 4. The first-order valence-corrected chi connectivity index (χ1v) is 9.18. The molecule has 2 aromatic rings. The largest absolute Gasteiger partial charge is 0.493 e. The lowest BCUT2D eigenvalue weighted by Crippen LogP contribution is -2.37. The van der Waals surface area contributed by atoms with Crippen LogP contribution >= 0.6 is 11.6 Å². The summed E-state index contributed by atoms with van der Waals surface area (Å²) in [6, 6.07) is 13.1. The van der Waals surface area contributed by atoms with Gasteiger partial charge in [0, 0.05) is 42.5 Å². The van der Waals surface area contributed by atoms with Gasteiger partial charge in [-0.3, -0.25) is 4.90 Å². The number of nitrogens with two attached hydrogens (primary N) is 1. The summed E-state index contributed by atoms with van der Waals surface area (Å²) in [5, 5.41) is 0.596. The highest BCUT2D eigenvalue weighted by Crippen LogP contribution is 2.22. The van der Waals surface area contributed by atoms with E-state index in [0.717, 1.165) is 61.8 Å². The van der Waals surface area contributed by atoms with Crippen LogP contribution in [-0.4, -0.2) is 44.4 Å². The fourth-order valence-corrected chi connectivity index (χ4v) is 2.91. The lowest BCUT2D eigenvalue weighted by Gasteiger charge is -2.26. The van der Waals surface area contributed by atoms with E-state index < -0.39 is 0 Å². The monoisotopic (exact) mass is 370 g/mol. The molecule has 5 heteroatoms. The van der Waals surface area contributed by atoms with E-state index in [9.17, 15) is 0 Å². The molecule has 2 N–H and O–H groups in total. The highest BCUT2D eigenvalue weighted by molar-refractivity contribution is 6.31. The third-order valence-electron chi connectivity index (χ3n) is 4.18. The van der Waals surface area contributed by atoms with Crippen LogP contribution in [0.3, 0.4) is 0 Å². The van der Waals surface area contributed by atoms with Crippen molar-refractivity contribution in [2.24, 2.45) is 0 Å². The molecular weight excluding hydrogens is 348 g/mol. The Bertz CT molecular complexity index is 775. The Morgan fingerprint density at radius 3 is 2.58 bits per heavy atom. The molecule has 3 rings (SSSR count). The zero-order valence-corrected chi connectivity index (χ0v) is 15.5. The minimum atomic E-state index is 0.596. The first-order chi connectivity index (χ1) is 12.7. The van der Waals surface area contributed by atoms with Crippen molar-refractivity contribution in [1.29, 1.82) is 0 Å². The van der Waals surface area contributed by atoms with Gasteiger partial charge in [-0.05, 0) is 42.8 Å². The van der Waals surface area contributed by atoms with Crippen molar-refractivity contribution < 1.29 is 9.47 Å². The van der Waals surface area contributed by atoms with Gasteiger partial charge < -0.3 is 15.2 Å². The van der Waals surface area contributed by atoms with Gasteiger partial charge >= 0.3 is 0 Å². The fraction of sp³-hybridized carbons (Fsp3) is 0.333. The maximum atomic E-state index is 6.33. The number of rotatable bonds is 5. The van der Waals surface area contributed by atoms with Crippen molar-refractivity contribution in [3.8, 4) is 17.6 Å². The second-order valence-corrected chi connectivity index (χ2v) is 6.58. The number of morpholine rings is 1. The van der Waals surface area contributed by atoms with Gasteiger partial charge in [0.25, 0.3) is 0 Å². The average Bonchev–Trinajstić information content (AvgIpc) is 2.67. The maximum absolute atomic E-state index is 6.33. The molecule has 2 aromatic carbocycles. The van der Waals surface area contributed by atoms with Gasteiger partial charge in [0.1, 0.15) is 5.75 Å². The van der Waals surface area contributed by atoms with Crippen molar-refractivity contribution in [3.05, 3.63) is 58.6 Å². The van der Waals surface area contributed by atoms with Crippen molar-refractivity contribution in [2.75, 3.05) is 45.2 Å². The molecule has 1 aliphatic heterocycles. The summed E-state index contributed by atoms with van der Waals surface area (Å²) in [6.45, 7) is 5.37. The third-order valence-corrected chi connectivity index (χ3v) is 4.50. The third kappa shape index (κ3) is 5.67. The summed E-state index contributed by atoms with van der Waals surface area (Å²) in [6.07, 6.45) is 0.982. The summed E-state index contributed by atoms with van der Waals surface area (Å²) in [5.74, 6) is 6.95. The fourth-order valence-electron chi connectivity index (χ4n) is 2.70. The molecule has 136 valence electrons. The molecule has 0 atom stereocenters. The molecule has 0 unspecified atom stereocenters. The Labute approximate surface area is 159 Å². The minimum Gasteiger partial charge on any atom is -0.493 e. The Kier molecular flexibility index (Phi) is 6.79. The topological polar surface area (TPSA) is 47.7 Å². The molecular formula is C21H23ClN2O2. The van der Waals surface area contributed by atoms with Gasteiger partial charge in [-0.1, -0.05) is 23.4 Å². The zero-order valence-electron chi connectivity index (χ0n) is 14.7. The molecule has 0 radical (unpaired) electrons. The van der Waals surface area contributed by atoms with Gasteiger partial charge in [0.2, 0.25) is 0 Å². The molecule has 1 fully saturated rings. The van der Waals surface area contributed by atoms with Crippen molar-refractivity contribution in [2.45, 2.75) is 6.42 Å². The molecule has 0 amide bonds. The lowest BCUT2D eigenvalue weighted by atomic mass is 10.1. The van der Waals surface area contributed by atoms with E-state index in [4.69, 9.17) is 26.8 Å². The van der Waals surface area contributed by atoms with Crippen molar-refractivity contribution in [3.63, 3.8) is 0 Å². The van der Waals surface area contributed by atoms with E-state index in [0.29, 0.717) is 11.6 Å². The molecule has 0 aromatic heterocycles. The number of halogens is 1. The van der Waals surface area contributed by atoms with Gasteiger partial charge in [0.15, 0.2) is 0 Å². The van der Waals surface area contributed by atoms with E-state index in [-0.39, 0.29) is 0 Å². The Balaban J connectivity index is 1.50. The van der Waals surface area contributed by atoms with Crippen LogP contribution in [0.5, 0.6) is 5.75 Å². The normalized spacial score (nSPS) is 14.5. The van der Waals surface area contributed by atoms with Gasteiger partial charge in [-0.15, -0.1) is 0 Å². The van der Waals surface area contributed by atoms with E-state index in [2.05, 4.69) is 16.7 Å². The molecule has 26 heavy (non-hydrogen) atoms. The first-order valence-electron chi connectivity index (χ1n) is 8.81. The van der Waals surface area contributed by atoms with Crippen LogP contribution in [0.4, 0.5) is 5.69 Å². The second-order valence-electron chi connectivity index (χ2n) is 6.17. The van der Waals surface area contributed by atoms with Gasteiger partial charge in [0.05, 0.1) is 24.8 Å². The predicted molar refractivity (Wildman–Crippen MR) is 106 cm³/mol. The Morgan fingerprint density at radius 2 is 1.85 bits per heavy atom. The molecule has 1 aliphatic rings. The smallest absolute Gasteiger partial charge is 0.120 e. The Hall–Kier alpha value is -2.19. The summed E-state index contributed by atoms with van der Waals surface area (Å²) in [7, 11) is 0. The number of anilines is 1. The predicted octanol–water partition coefficient (Wildman–Crippen LogP) is 3.42. The first kappa shape index (κ1) is 18.6. The van der Waals surface area contributed by atoms with Crippen LogP contribution in [0.25, 0.3) is 0 Å². The van der Waals surface area contributed by atoms with Gasteiger partial charge in [-0.25, -0.2) is 0 Å². The second kappa shape index (κ2) is 9.49. The van der Waals surface area contributed by atoms with Crippen molar-refractivity contribution >= 4 is 17.3 Å². The van der Waals surface area contributed by atoms with E-state index in [1.54, 1.807) is 0 Å². The molecule has 0 aliphatic carbocycles. The number of nitrogen functional groups attached to an aromatic ring is 1. The van der Waals surface area contributed by atoms with Crippen LogP contribution in [-0.2, 0) is 4.74 Å². The summed E-state index contributed by atoms with van der Waals surface area (Å²) < 4.78 is 11.2. The summed E-state index contributed by atoms with van der Waals surface area (Å²) in [5.41, 5.74) is 8.08. The van der Waals surface area contributed by atoms with Crippen molar-refractivity contribution in [1.82, 2.24) is 4.90 Å². The number of hydrogen-bond donors (Lipinski definition) is 1. The molecule has 1 saturated heterocycles. The van der Waals surface area contributed by atoms with E-state index in [1.807, 2.05) is 42.5 Å². The number of benzene rings is 2. The van der Waals surface area contributed by atoms with E-state index >= 15 is 0 Å². The maximum Gasteiger partial charge on any atom is 0.120 e. The van der Waals surface area contributed by atoms with Gasteiger partial charge in [-0.2, -0.15) is 0 Å².